The van der Waals surface area contributed by atoms with Crippen molar-refractivity contribution in [3.63, 3.8) is 0 Å². The van der Waals surface area contributed by atoms with E-state index in [0.29, 0.717) is 31.9 Å². The van der Waals surface area contributed by atoms with E-state index < -0.39 is 0 Å². The Morgan fingerprint density at radius 2 is 2.03 bits per heavy atom. The van der Waals surface area contributed by atoms with E-state index in [2.05, 4.69) is 10.1 Å². The first-order chi connectivity index (χ1) is 15.6. The van der Waals surface area contributed by atoms with Gasteiger partial charge in [-0.3, -0.25) is 14.6 Å². The lowest BCUT2D eigenvalue weighted by atomic mass is 10.1. The summed E-state index contributed by atoms with van der Waals surface area (Å²) in [4.78, 5) is 33.8. The molecule has 8 nitrogen and oxygen atoms in total. The molecule has 0 bridgehead atoms. The summed E-state index contributed by atoms with van der Waals surface area (Å²) in [6, 6.07) is 9.88. The van der Waals surface area contributed by atoms with Gasteiger partial charge >= 0.3 is 0 Å². The minimum Gasteiger partial charge on any atom is -0.358 e. The summed E-state index contributed by atoms with van der Waals surface area (Å²) in [5.74, 6) is -0.0204. The molecule has 1 aromatic carbocycles. The molecule has 0 saturated carbocycles. The first kappa shape index (κ1) is 20.9. The van der Waals surface area contributed by atoms with Gasteiger partial charge in [-0.05, 0) is 37.0 Å². The van der Waals surface area contributed by atoms with Gasteiger partial charge in [0, 0.05) is 37.8 Å². The van der Waals surface area contributed by atoms with Gasteiger partial charge in [0.25, 0.3) is 5.56 Å². The molecule has 0 aliphatic carbocycles. The summed E-state index contributed by atoms with van der Waals surface area (Å²) in [7, 11) is 0. The molecule has 4 heterocycles. The number of hydrogen-bond donors (Lipinski definition) is 0. The number of ether oxygens (including phenoxy) is 1. The number of anilines is 1. The lowest BCUT2D eigenvalue weighted by molar-refractivity contribution is -0.131. The van der Waals surface area contributed by atoms with Crippen LogP contribution in [0, 0.1) is 0 Å². The average Bonchev–Trinajstić information content (AvgIpc) is 2.83. The number of halogens is 1. The summed E-state index contributed by atoms with van der Waals surface area (Å²) in [5, 5.41) is 5.43. The lowest BCUT2D eigenvalue weighted by Crippen LogP contribution is -2.50. The van der Waals surface area contributed by atoms with Gasteiger partial charge in [-0.1, -0.05) is 29.8 Å². The van der Waals surface area contributed by atoms with Crippen LogP contribution in [0.4, 0.5) is 5.69 Å². The van der Waals surface area contributed by atoms with E-state index >= 15 is 0 Å². The molecule has 2 aliphatic rings. The van der Waals surface area contributed by atoms with Gasteiger partial charge in [0.2, 0.25) is 5.91 Å². The van der Waals surface area contributed by atoms with Gasteiger partial charge < -0.3 is 14.5 Å². The van der Waals surface area contributed by atoms with Crippen LogP contribution in [-0.4, -0.2) is 51.8 Å². The lowest BCUT2D eigenvalue weighted by Gasteiger charge is -2.36. The first-order valence-corrected chi connectivity index (χ1v) is 11.2. The summed E-state index contributed by atoms with van der Waals surface area (Å²) in [6.45, 7) is 2.37. The Morgan fingerprint density at radius 1 is 1.12 bits per heavy atom. The maximum Gasteiger partial charge on any atom is 0.290 e. The highest BCUT2D eigenvalue weighted by Crippen LogP contribution is 2.26. The smallest absolute Gasteiger partial charge is 0.290 e. The van der Waals surface area contributed by atoms with Gasteiger partial charge in [0.1, 0.15) is 5.02 Å². The summed E-state index contributed by atoms with van der Waals surface area (Å²) in [5.41, 5.74) is 2.09. The SMILES string of the molecule is O=C1CN(c2cnn(C3CCCCO3)c(=O)c2Cl)CCN1Cc1cccc2ncccc12. The second-order valence-corrected chi connectivity index (χ2v) is 8.52. The van der Waals surface area contributed by atoms with Gasteiger partial charge in [-0.2, -0.15) is 9.78 Å². The molecule has 2 fully saturated rings. The predicted molar refractivity (Wildman–Crippen MR) is 122 cm³/mol. The third-order valence-corrected chi connectivity index (χ3v) is 6.47. The van der Waals surface area contributed by atoms with Crippen molar-refractivity contribution in [2.45, 2.75) is 32.0 Å². The number of amides is 1. The van der Waals surface area contributed by atoms with Crippen LogP contribution in [0.15, 0.2) is 47.5 Å². The first-order valence-electron chi connectivity index (χ1n) is 10.9. The predicted octanol–water partition coefficient (Wildman–Crippen LogP) is 2.99. The summed E-state index contributed by atoms with van der Waals surface area (Å²) in [6.07, 6.45) is 5.67. The highest BCUT2D eigenvalue weighted by molar-refractivity contribution is 6.33. The number of carbonyl (C=O) groups excluding carboxylic acids is 1. The molecule has 5 rings (SSSR count). The van der Waals surface area contributed by atoms with E-state index in [1.165, 1.54) is 4.68 Å². The Kier molecular flexibility index (Phi) is 5.80. The topological polar surface area (TPSA) is 80.6 Å². The van der Waals surface area contributed by atoms with Crippen LogP contribution >= 0.6 is 11.6 Å². The van der Waals surface area contributed by atoms with Crippen molar-refractivity contribution in [3.05, 3.63) is 63.7 Å². The average molecular weight is 454 g/mol. The van der Waals surface area contributed by atoms with Crippen LogP contribution < -0.4 is 10.5 Å². The molecule has 2 aliphatic heterocycles. The van der Waals surface area contributed by atoms with Crippen molar-refractivity contribution in [2.75, 3.05) is 31.1 Å². The van der Waals surface area contributed by atoms with Crippen LogP contribution in [0.3, 0.4) is 0 Å². The minimum absolute atomic E-state index is 0.0204. The number of hydrogen-bond acceptors (Lipinski definition) is 6. The molecule has 166 valence electrons. The van der Waals surface area contributed by atoms with Crippen LogP contribution in [0.2, 0.25) is 5.02 Å². The fraction of sp³-hybridized carbons (Fsp3) is 0.391. The normalized spacial score (nSPS) is 19.5. The monoisotopic (exact) mass is 453 g/mol. The third-order valence-electron chi connectivity index (χ3n) is 6.11. The standard InChI is InChI=1S/C23H24ClN5O3/c24-22-19(13-26-29(23(22)31)21-8-1-2-12-32-21)27-10-11-28(20(30)15-27)14-16-5-3-7-18-17(16)6-4-9-25-18/h3-7,9,13,21H,1-2,8,10-12,14-15H2. The van der Waals surface area contributed by atoms with E-state index in [-0.39, 0.29) is 29.3 Å². The van der Waals surface area contributed by atoms with Gasteiger partial charge in [0.05, 0.1) is 23.9 Å². The molecule has 0 spiro atoms. The molecule has 0 radical (unpaired) electrons. The Morgan fingerprint density at radius 3 is 2.84 bits per heavy atom. The molecule has 2 saturated heterocycles. The van der Waals surface area contributed by atoms with Crippen molar-refractivity contribution in [3.8, 4) is 0 Å². The van der Waals surface area contributed by atoms with E-state index in [9.17, 15) is 9.59 Å². The molecule has 0 N–H and O–H groups in total. The Balaban J connectivity index is 1.32. The molecule has 2 aromatic heterocycles. The summed E-state index contributed by atoms with van der Waals surface area (Å²) < 4.78 is 6.98. The van der Waals surface area contributed by atoms with Crippen molar-refractivity contribution in [1.29, 1.82) is 0 Å². The maximum absolute atomic E-state index is 12.9. The highest BCUT2D eigenvalue weighted by atomic mass is 35.5. The van der Waals surface area contributed by atoms with E-state index in [1.54, 1.807) is 12.4 Å². The zero-order chi connectivity index (χ0) is 22.1. The fourth-order valence-corrected chi connectivity index (χ4v) is 4.63. The van der Waals surface area contributed by atoms with E-state index in [0.717, 1.165) is 35.7 Å². The number of aromatic nitrogens is 3. The number of pyridine rings is 1. The maximum atomic E-state index is 12.9. The quantitative estimate of drug-likeness (QED) is 0.604. The number of nitrogens with zero attached hydrogens (tertiary/aromatic N) is 5. The van der Waals surface area contributed by atoms with Crippen molar-refractivity contribution < 1.29 is 9.53 Å². The Hall–Kier alpha value is -2.97. The van der Waals surface area contributed by atoms with Gasteiger partial charge in [0.15, 0.2) is 6.23 Å². The van der Waals surface area contributed by atoms with Crippen LogP contribution in [0.1, 0.15) is 31.1 Å². The van der Waals surface area contributed by atoms with Gasteiger partial charge in [-0.15, -0.1) is 0 Å². The molecule has 32 heavy (non-hydrogen) atoms. The number of piperazine rings is 1. The van der Waals surface area contributed by atoms with Crippen LogP contribution in [0.5, 0.6) is 0 Å². The van der Waals surface area contributed by atoms with Crippen molar-refractivity contribution >= 4 is 34.1 Å². The van der Waals surface area contributed by atoms with Crippen LogP contribution in [0.25, 0.3) is 10.9 Å². The Labute approximate surface area is 190 Å². The van der Waals surface area contributed by atoms with Crippen molar-refractivity contribution in [2.24, 2.45) is 0 Å². The number of rotatable bonds is 4. The second-order valence-electron chi connectivity index (χ2n) is 8.14. The molecular formula is C23H24ClN5O3. The van der Waals surface area contributed by atoms with Crippen LogP contribution in [-0.2, 0) is 16.1 Å². The van der Waals surface area contributed by atoms with E-state index in [4.69, 9.17) is 16.3 Å². The highest BCUT2D eigenvalue weighted by Gasteiger charge is 2.28. The third kappa shape index (κ3) is 3.96. The minimum atomic E-state index is -0.380. The van der Waals surface area contributed by atoms with E-state index in [1.807, 2.05) is 40.1 Å². The molecular weight excluding hydrogens is 430 g/mol. The van der Waals surface area contributed by atoms with Crippen molar-refractivity contribution in [1.82, 2.24) is 19.7 Å². The largest absolute Gasteiger partial charge is 0.358 e. The molecule has 1 amide bonds. The Bertz CT molecular complexity index is 1200. The zero-order valence-electron chi connectivity index (χ0n) is 17.6. The fourth-order valence-electron chi connectivity index (χ4n) is 4.37. The summed E-state index contributed by atoms with van der Waals surface area (Å²) >= 11 is 6.43. The second kappa shape index (κ2) is 8.88. The molecule has 3 aromatic rings. The number of benzene rings is 1. The molecule has 9 heteroatoms. The number of carbonyl (C=O) groups is 1. The van der Waals surface area contributed by atoms with Gasteiger partial charge in [-0.25, -0.2) is 0 Å². The number of fused-ring (bicyclic) bond motifs is 1. The molecule has 1 unspecified atom stereocenters. The zero-order valence-corrected chi connectivity index (χ0v) is 18.4. The molecule has 1 atom stereocenters.